The zero-order valence-corrected chi connectivity index (χ0v) is 15.2. The lowest BCUT2D eigenvalue weighted by Gasteiger charge is -2.20. The number of ether oxygens (including phenoxy) is 2. The summed E-state index contributed by atoms with van der Waals surface area (Å²) < 4.78 is 11.0. The number of aromatic nitrogens is 2. The fraction of sp³-hybridized carbons (Fsp3) is 0.667. The maximum Gasteiger partial charge on any atom is 0.414 e. The molecule has 0 radical (unpaired) electrons. The SMILES string of the molecule is CC(C)[C@H](CC(N)=O)NC(=O)Oc1cnc(C2CC2)c(OCC2CC2)n1. The minimum Gasteiger partial charge on any atom is -0.476 e. The molecular formula is C18H26N4O4. The Morgan fingerprint density at radius 2 is 2.04 bits per heavy atom. The molecule has 2 aliphatic rings. The molecule has 142 valence electrons. The molecule has 1 heterocycles. The number of amides is 2. The van der Waals surface area contributed by atoms with E-state index in [1.807, 2.05) is 13.8 Å². The molecule has 1 atom stereocenters. The minimum atomic E-state index is -0.688. The molecule has 0 saturated heterocycles. The molecule has 2 saturated carbocycles. The average molecular weight is 362 g/mol. The third-order valence-corrected chi connectivity index (χ3v) is 4.59. The second-order valence-electron chi connectivity index (χ2n) is 7.48. The highest BCUT2D eigenvalue weighted by atomic mass is 16.6. The molecule has 0 spiro atoms. The Morgan fingerprint density at radius 3 is 2.62 bits per heavy atom. The molecule has 8 heteroatoms. The van der Waals surface area contributed by atoms with Crippen LogP contribution in [0.3, 0.4) is 0 Å². The summed E-state index contributed by atoms with van der Waals surface area (Å²) in [6, 6.07) is -0.399. The Kier molecular flexibility index (Phi) is 5.58. The second-order valence-corrected chi connectivity index (χ2v) is 7.48. The molecular weight excluding hydrogens is 336 g/mol. The smallest absolute Gasteiger partial charge is 0.414 e. The maximum absolute atomic E-state index is 12.1. The molecule has 0 aliphatic heterocycles. The fourth-order valence-corrected chi connectivity index (χ4v) is 2.59. The number of carbonyl (C=O) groups excluding carboxylic acids is 2. The van der Waals surface area contributed by atoms with Gasteiger partial charge in [-0.25, -0.2) is 9.78 Å². The van der Waals surface area contributed by atoms with Gasteiger partial charge in [0.2, 0.25) is 17.7 Å². The van der Waals surface area contributed by atoms with Crippen LogP contribution >= 0.6 is 0 Å². The third-order valence-electron chi connectivity index (χ3n) is 4.59. The van der Waals surface area contributed by atoms with Crippen LogP contribution in [0.1, 0.15) is 57.6 Å². The second kappa shape index (κ2) is 7.88. The van der Waals surface area contributed by atoms with Crippen molar-refractivity contribution in [2.75, 3.05) is 6.61 Å². The van der Waals surface area contributed by atoms with Crippen LogP contribution in [0.25, 0.3) is 0 Å². The van der Waals surface area contributed by atoms with Crippen LogP contribution in [0.2, 0.25) is 0 Å². The van der Waals surface area contributed by atoms with Crippen molar-refractivity contribution in [1.82, 2.24) is 15.3 Å². The largest absolute Gasteiger partial charge is 0.476 e. The molecule has 3 rings (SSSR count). The zero-order valence-electron chi connectivity index (χ0n) is 15.2. The summed E-state index contributed by atoms with van der Waals surface area (Å²) in [6.07, 6.45) is 5.33. The maximum atomic E-state index is 12.1. The predicted molar refractivity (Wildman–Crippen MR) is 93.8 cm³/mol. The van der Waals surface area contributed by atoms with E-state index in [0.29, 0.717) is 24.3 Å². The Hall–Kier alpha value is -2.38. The minimum absolute atomic E-state index is 0.0378. The monoisotopic (exact) mass is 362 g/mol. The average Bonchev–Trinajstić information content (AvgIpc) is 3.45. The fourth-order valence-electron chi connectivity index (χ4n) is 2.59. The van der Waals surface area contributed by atoms with Crippen LogP contribution in [0.4, 0.5) is 4.79 Å². The number of primary amides is 1. The number of hydrogen-bond donors (Lipinski definition) is 2. The lowest BCUT2D eigenvalue weighted by atomic mass is 10.0. The highest BCUT2D eigenvalue weighted by Crippen LogP contribution is 2.43. The first-order valence-corrected chi connectivity index (χ1v) is 9.18. The van der Waals surface area contributed by atoms with E-state index in [1.54, 1.807) is 0 Å². The summed E-state index contributed by atoms with van der Waals surface area (Å²) in [5, 5.41) is 2.66. The summed E-state index contributed by atoms with van der Waals surface area (Å²) in [7, 11) is 0. The summed E-state index contributed by atoms with van der Waals surface area (Å²) in [5.41, 5.74) is 6.06. The third kappa shape index (κ3) is 5.31. The topological polar surface area (TPSA) is 116 Å². The summed E-state index contributed by atoms with van der Waals surface area (Å²) in [6.45, 7) is 4.40. The van der Waals surface area contributed by atoms with Crippen LogP contribution < -0.4 is 20.5 Å². The van der Waals surface area contributed by atoms with Crippen molar-refractivity contribution in [3.05, 3.63) is 11.9 Å². The van der Waals surface area contributed by atoms with Gasteiger partial charge in [-0.1, -0.05) is 13.8 Å². The molecule has 0 unspecified atom stereocenters. The van der Waals surface area contributed by atoms with Crippen molar-refractivity contribution in [2.45, 2.75) is 57.9 Å². The van der Waals surface area contributed by atoms with Crippen LogP contribution in [0.15, 0.2) is 6.20 Å². The number of rotatable bonds is 9. The molecule has 2 aliphatic carbocycles. The Labute approximate surface area is 152 Å². The first-order chi connectivity index (χ1) is 12.4. The van der Waals surface area contributed by atoms with E-state index < -0.39 is 18.0 Å². The van der Waals surface area contributed by atoms with Gasteiger partial charge in [0.15, 0.2) is 0 Å². The van der Waals surface area contributed by atoms with Crippen molar-refractivity contribution < 1.29 is 19.1 Å². The van der Waals surface area contributed by atoms with E-state index in [2.05, 4.69) is 15.3 Å². The standard InChI is InChI=1S/C18H26N4O4/c1-10(2)13(7-14(19)23)21-18(24)26-15-8-20-16(12-5-6-12)17(22-15)25-9-11-3-4-11/h8,10-13H,3-7,9H2,1-2H3,(H2,19,23)(H,21,24)/t13-/m0/s1. The molecule has 2 fully saturated rings. The van der Waals surface area contributed by atoms with Gasteiger partial charge in [-0.3, -0.25) is 4.79 Å². The van der Waals surface area contributed by atoms with Gasteiger partial charge < -0.3 is 20.5 Å². The molecule has 0 aromatic carbocycles. The number of nitrogens with zero attached hydrogens (tertiary/aromatic N) is 2. The molecule has 2 amide bonds. The van der Waals surface area contributed by atoms with Crippen molar-refractivity contribution in [2.24, 2.45) is 17.6 Å². The summed E-state index contributed by atoms with van der Waals surface area (Å²) in [4.78, 5) is 32.0. The van der Waals surface area contributed by atoms with Gasteiger partial charge in [-0.05, 0) is 37.5 Å². The highest BCUT2D eigenvalue weighted by Gasteiger charge is 2.31. The van der Waals surface area contributed by atoms with Gasteiger partial charge in [-0.2, -0.15) is 4.98 Å². The number of hydrogen-bond acceptors (Lipinski definition) is 6. The van der Waals surface area contributed by atoms with Crippen molar-refractivity contribution in [1.29, 1.82) is 0 Å². The van der Waals surface area contributed by atoms with Gasteiger partial charge in [0.25, 0.3) is 0 Å². The van der Waals surface area contributed by atoms with E-state index >= 15 is 0 Å². The van der Waals surface area contributed by atoms with Crippen LogP contribution in [0, 0.1) is 11.8 Å². The summed E-state index contributed by atoms with van der Waals surface area (Å²) >= 11 is 0. The zero-order chi connectivity index (χ0) is 18.7. The van der Waals surface area contributed by atoms with Gasteiger partial charge in [0.05, 0.1) is 12.8 Å². The molecule has 1 aromatic heterocycles. The van der Waals surface area contributed by atoms with Gasteiger partial charge in [0, 0.05) is 18.4 Å². The molecule has 3 N–H and O–H groups in total. The van der Waals surface area contributed by atoms with Crippen LogP contribution in [-0.2, 0) is 4.79 Å². The molecule has 26 heavy (non-hydrogen) atoms. The lowest BCUT2D eigenvalue weighted by Crippen LogP contribution is -2.42. The van der Waals surface area contributed by atoms with E-state index in [4.69, 9.17) is 15.2 Å². The van der Waals surface area contributed by atoms with E-state index in [9.17, 15) is 9.59 Å². The first kappa shape index (κ1) is 18.4. The normalized spacial score (nSPS) is 17.7. The Balaban J connectivity index is 1.63. The Morgan fingerprint density at radius 1 is 1.31 bits per heavy atom. The Bertz CT molecular complexity index is 671. The van der Waals surface area contributed by atoms with E-state index in [-0.39, 0.29) is 18.2 Å². The number of nitrogens with two attached hydrogens (primary N) is 1. The van der Waals surface area contributed by atoms with Gasteiger partial charge in [0.1, 0.15) is 5.69 Å². The highest BCUT2D eigenvalue weighted by molar-refractivity contribution is 5.76. The summed E-state index contributed by atoms with van der Waals surface area (Å²) in [5.74, 6) is 1.09. The van der Waals surface area contributed by atoms with Crippen molar-refractivity contribution in [3.63, 3.8) is 0 Å². The number of nitrogens with one attached hydrogen (secondary N) is 1. The molecule has 0 bridgehead atoms. The van der Waals surface area contributed by atoms with Crippen molar-refractivity contribution >= 4 is 12.0 Å². The van der Waals surface area contributed by atoms with Crippen LogP contribution in [-0.4, -0.2) is 34.6 Å². The number of carbonyl (C=O) groups is 2. The van der Waals surface area contributed by atoms with E-state index in [0.717, 1.165) is 18.5 Å². The van der Waals surface area contributed by atoms with Gasteiger partial charge >= 0.3 is 6.09 Å². The quantitative estimate of drug-likeness (QED) is 0.695. The van der Waals surface area contributed by atoms with Gasteiger partial charge in [-0.15, -0.1) is 0 Å². The van der Waals surface area contributed by atoms with Crippen LogP contribution in [0.5, 0.6) is 11.8 Å². The van der Waals surface area contributed by atoms with E-state index in [1.165, 1.54) is 19.0 Å². The lowest BCUT2D eigenvalue weighted by molar-refractivity contribution is -0.118. The molecule has 8 nitrogen and oxygen atoms in total. The van der Waals surface area contributed by atoms with Crippen molar-refractivity contribution in [3.8, 4) is 11.8 Å². The molecule has 1 aromatic rings. The first-order valence-electron chi connectivity index (χ1n) is 9.18. The predicted octanol–water partition coefficient (Wildman–Crippen LogP) is 2.13.